The molecule has 1 amide bonds. The number of hydrogen-bond donors (Lipinski definition) is 1. The van der Waals surface area contributed by atoms with Gasteiger partial charge in [-0.2, -0.15) is 0 Å². The fourth-order valence-corrected chi connectivity index (χ4v) is 2.92. The van der Waals surface area contributed by atoms with Gasteiger partial charge in [-0.05, 0) is 52.0 Å². The lowest BCUT2D eigenvalue weighted by molar-refractivity contribution is -0.119. The number of carbonyl (C=O) groups is 1. The number of hydrogen-bond acceptors (Lipinski definition) is 3. The second-order valence-corrected chi connectivity index (χ2v) is 6.30. The van der Waals surface area contributed by atoms with Crippen LogP contribution in [0.1, 0.15) is 18.4 Å². The van der Waals surface area contributed by atoms with E-state index in [9.17, 15) is 4.79 Å². The van der Waals surface area contributed by atoms with Crippen LogP contribution in [0.25, 0.3) is 0 Å². The lowest BCUT2D eigenvalue weighted by atomic mass is 10.1. The van der Waals surface area contributed by atoms with Gasteiger partial charge in [-0.15, -0.1) is 11.8 Å². The van der Waals surface area contributed by atoms with Crippen LogP contribution in [0.4, 0.5) is 0 Å². The van der Waals surface area contributed by atoms with Crippen molar-refractivity contribution in [3.05, 3.63) is 29.8 Å². The molecule has 1 aliphatic rings. The van der Waals surface area contributed by atoms with Crippen LogP contribution in [-0.4, -0.2) is 42.7 Å². The molecule has 0 atom stereocenters. The molecule has 1 aromatic rings. The number of aryl methyl sites for hydroxylation is 1. The molecule has 0 saturated carbocycles. The van der Waals surface area contributed by atoms with Gasteiger partial charge in [0, 0.05) is 10.9 Å². The topological polar surface area (TPSA) is 32.3 Å². The number of carbonyl (C=O) groups excluding carboxylic acids is 1. The first-order valence-electron chi connectivity index (χ1n) is 6.81. The molecule has 1 N–H and O–H groups in total. The lowest BCUT2D eigenvalue weighted by Gasteiger charge is -2.29. The molecule has 1 aromatic carbocycles. The number of nitrogens with one attached hydrogen (secondary N) is 1. The summed E-state index contributed by atoms with van der Waals surface area (Å²) in [5, 5.41) is 3.13. The number of piperidine rings is 1. The number of benzene rings is 1. The summed E-state index contributed by atoms with van der Waals surface area (Å²) in [4.78, 5) is 15.4. The molecular formula is C15H22N2OS. The van der Waals surface area contributed by atoms with E-state index < -0.39 is 0 Å². The largest absolute Gasteiger partial charge is 0.353 e. The quantitative estimate of drug-likeness (QED) is 0.858. The van der Waals surface area contributed by atoms with E-state index in [1.807, 2.05) is 0 Å². The van der Waals surface area contributed by atoms with E-state index in [1.54, 1.807) is 11.8 Å². The standard InChI is InChI=1S/C15H22N2OS/c1-12-3-5-14(6-4-12)19-11-15(18)16-13-7-9-17(2)10-8-13/h3-6,13H,7-11H2,1-2H3,(H,16,18). The third-order valence-electron chi connectivity index (χ3n) is 3.47. The summed E-state index contributed by atoms with van der Waals surface area (Å²) in [5.74, 6) is 0.662. The molecule has 0 aliphatic carbocycles. The van der Waals surface area contributed by atoms with Gasteiger partial charge in [0.05, 0.1) is 5.75 Å². The third kappa shape index (κ3) is 4.88. The van der Waals surface area contributed by atoms with Gasteiger partial charge in [0.2, 0.25) is 5.91 Å². The maximum absolute atomic E-state index is 11.9. The Morgan fingerprint density at radius 1 is 1.32 bits per heavy atom. The van der Waals surface area contributed by atoms with E-state index in [4.69, 9.17) is 0 Å². The maximum Gasteiger partial charge on any atom is 0.230 e. The summed E-state index contributed by atoms with van der Waals surface area (Å²) in [6.45, 7) is 4.23. The molecule has 2 rings (SSSR count). The zero-order chi connectivity index (χ0) is 13.7. The molecular weight excluding hydrogens is 256 g/mol. The van der Waals surface area contributed by atoms with E-state index in [0.717, 1.165) is 30.8 Å². The normalized spacial score (nSPS) is 17.4. The molecule has 104 valence electrons. The van der Waals surface area contributed by atoms with Crippen LogP contribution in [0.2, 0.25) is 0 Å². The highest BCUT2D eigenvalue weighted by molar-refractivity contribution is 8.00. The van der Waals surface area contributed by atoms with Gasteiger partial charge >= 0.3 is 0 Å². The Morgan fingerprint density at radius 2 is 1.95 bits per heavy atom. The van der Waals surface area contributed by atoms with Gasteiger partial charge in [-0.3, -0.25) is 4.79 Å². The van der Waals surface area contributed by atoms with Crippen molar-refractivity contribution in [2.75, 3.05) is 25.9 Å². The number of rotatable bonds is 4. The Kier molecular flexibility index (Phi) is 5.28. The van der Waals surface area contributed by atoms with Crippen LogP contribution < -0.4 is 5.32 Å². The molecule has 19 heavy (non-hydrogen) atoms. The summed E-state index contributed by atoms with van der Waals surface area (Å²) >= 11 is 1.60. The smallest absolute Gasteiger partial charge is 0.230 e. The number of amides is 1. The Balaban J connectivity index is 1.71. The van der Waals surface area contributed by atoms with E-state index >= 15 is 0 Å². The molecule has 1 saturated heterocycles. The average molecular weight is 278 g/mol. The second kappa shape index (κ2) is 6.96. The van der Waals surface area contributed by atoms with Gasteiger partial charge in [-0.1, -0.05) is 17.7 Å². The minimum absolute atomic E-state index is 0.153. The minimum atomic E-state index is 0.153. The van der Waals surface area contributed by atoms with E-state index in [-0.39, 0.29) is 5.91 Å². The highest BCUT2D eigenvalue weighted by Gasteiger charge is 2.18. The highest BCUT2D eigenvalue weighted by atomic mass is 32.2. The summed E-state index contributed by atoms with van der Waals surface area (Å²) in [6.07, 6.45) is 2.13. The second-order valence-electron chi connectivity index (χ2n) is 5.25. The number of nitrogens with zero attached hydrogens (tertiary/aromatic N) is 1. The van der Waals surface area contributed by atoms with Gasteiger partial charge in [0.15, 0.2) is 0 Å². The van der Waals surface area contributed by atoms with E-state index in [1.165, 1.54) is 5.56 Å². The van der Waals surface area contributed by atoms with Crippen molar-refractivity contribution < 1.29 is 4.79 Å². The van der Waals surface area contributed by atoms with Crippen LogP contribution in [0.5, 0.6) is 0 Å². The minimum Gasteiger partial charge on any atom is -0.353 e. The van der Waals surface area contributed by atoms with Gasteiger partial charge in [0.1, 0.15) is 0 Å². The Labute approximate surface area is 119 Å². The molecule has 0 radical (unpaired) electrons. The Morgan fingerprint density at radius 3 is 2.58 bits per heavy atom. The van der Waals surface area contributed by atoms with Gasteiger partial charge in [-0.25, -0.2) is 0 Å². The lowest BCUT2D eigenvalue weighted by Crippen LogP contribution is -2.43. The summed E-state index contributed by atoms with van der Waals surface area (Å²) in [7, 11) is 2.13. The number of likely N-dealkylation sites (tertiary alicyclic amines) is 1. The summed E-state index contributed by atoms with van der Waals surface area (Å²) < 4.78 is 0. The van der Waals surface area contributed by atoms with Crippen molar-refractivity contribution in [3.8, 4) is 0 Å². The number of thioether (sulfide) groups is 1. The van der Waals surface area contributed by atoms with Crippen LogP contribution in [0, 0.1) is 6.92 Å². The molecule has 1 aliphatic heterocycles. The Bertz CT molecular complexity index is 411. The van der Waals surface area contributed by atoms with E-state index in [2.05, 4.69) is 48.5 Å². The first kappa shape index (κ1) is 14.4. The van der Waals surface area contributed by atoms with Crippen molar-refractivity contribution in [1.82, 2.24) is 10.2 Å². The van der Waals surface area contributed by atoms with Crippen molar-refractivity contribution in [2.45, 2.75) is 30.7 Å². The maximum atomic E-state index is 11.9. The predicted octanol–water partition coefficient (Wildman–Crippen LogP) is 2.30. The van der Waals surface area contributed by atoms with Crippen LogP contribution in [0.15, 0.2) is 29.2 Å². The summed E-state index contributed by atoms with van der Waals surface area (Å²) in [5.41, 5.74) is 1.25. The fourth-order valence-electron chi connectivity index (χ4n) is 2.21. The average Bonchev–Trinajstić information content (AvgIpc) is 2.41. The first-order valence-corrected chi connectivity index (χ1v) is 7.79. The predicted molar refractivity (Wildman–Crippen MR) is 80.6 cm³/mol. The molecule has 0 unspecified atom stereocenters. The first-order chi connectivity index (χ1) is 9.13. The monoisotopic (exact) mass is 278 g/mol. The zero-order valence-corrected chi connectivity index (χ0v) is 12.5. The molecule has 3 nitrogen and oxygen atoms in total. The zero-order valence-electron chi connectivity index (χ0n) is 11.7. The van der Waals surface area contributed by atoms with Crippen LogP contribution in [-0.2, 0) is 4.79 Å². The van der Waals surface area contributed by atoms with Crippen LogP contribution in [0.3, 0.4) is 0 Å². The van der Waals surface area contributed by atoms with Crippen molar-refractivity contribution in [3.63, 3.8) is 0 Å². The fraction of sp³-hybridized carbons (Fsp3) is 0.533. The van der Waals surface area contributed by atoms with Crippen molar-refractivity contribution in [1.29, 1.82) is 0 Å². The van der Waals surface area contributed by atoms with Gasteiger partial charge in [0.25, 0.3) is 0 Å². The molecule has 0 bridgehead atoms. The highest BCUT2D eigenvalue weighted by Crippen LogP contribution is 2.18. The van der Waals surface area contributed by atoms with E-state index in [0.29, 0.717) is 11.8 Å². The Hall–Kier alpha value is -1.00. The van der Waals surface area contributed by atoms with Crippen molar-refractivity contribution in [2.24, 2.45) is 0 Å². The molecule has 4 heteroatoms. The molecule has 1 heterocycles. The molecule has 1 fully saturated rings. The summed E-state index contributed by atoms with van der Waals surface area (Å²) in [6, 6.07) is 8.67. The molecule has 0 aromatic heterocycles. The third-order valence-corrected chi connectivity index (χ3v) is 4.49. The van der Waals surface area contributed by atoms with Crippen molar-refractivity contribution >= 4 is 17.7 Å². The van der Waals surface area contributed by atoms with Gasteiger partial charge < -0.3 is 10.2 Å². The SMILES string of the molecule is Cc1ccc(SCC(=O)NC2CCN(C)CC2)cc1. The van der Waals surface area contributed by atoms with Crippen LogP contribution >= 0.6 is 11.8 Å². The molecule has 0 spiro atoms.